The van der Waals surface area contributed by atoms with E-state index in [1.54, 1.807) is 11.9 Å². The first kappa shape index (κ1) is 18.8. The first-order chi connectivity index (χ1) is 15.1. The van der Waals surface area contributed by atoms with Crippen LogP contribution in [0, 0.1) is 6.92 Å². The molecule has 5 rings (SSSR count). The summed E-state index contributed by atoms with van der Waals surface area (Å²) in [4.78, 5) is 14.6. The summed E-state index contributed by atoms with van der Waals surface area (Å²) >= 11 is 0. The molecule has 0 aliphatic carbocycles. The average Bonchev–Trinajstić information content (AvgIpc) is 3.21. The van der Waals surface area contributed by atoms with Crippen LogP contribution in [0.3, 0.4) is 0 Å². The Kier molecular flexibility index (Phi) is 4.59. The van der Waals surface area contributed by atoms with Crippen LogP contribution >= 0.6 is 0 Å². The van der Waals surface area contributed by atoms with Gasteiger partial charge in [0.2, 0.25) is 0 Å². The van der Waals surface area contributed by atoms with Crippen LogP contribution in [-0.4, -0.2) is 28.0 Å². The van der Waals surface area contributed by atoms with Crippen molar-refractivity contribution in [1.82, 2.24) is 15.0 Å². The van der Waals surface area contributed by atoms with Gasteiger partial charge in [-0.15, -0.1) is 10.2 Å². The Morgan fingerprint density at radius 2 is 1.61 bits per heavy atom. The van der Waals surface area contributed by atoms with Gasteiger partial charge in [-0.1, -0.05) is 36.4 Å². The number of methoxy groups -OCH3 is 1. The van der Waals surface area contributed by atoms with E-state index in [9.17, 15) is 4.79 Å². The van der Waals surface area contributed by atoms with Gasteiger partial charge in [0.05, 0.1) is 12.8 Å². The maximum absolute atomic E-state index is 13.0. The highest BCUT2D eigenvalue weighted by molar-refractivity contribution is 6.13. The highest BCUT2D eigenvalue weighted by Gasteiger charge is 2.14. The summed E-state index contributed by atoms with van der Waals surface area (Å²) in [7, 11) is 1.63. The SMILES string of the molecule is COc1ccc(-n2nc3cc(C)c(NC(=O)c4cccc5ccccc45)cc3n2)cc1. The van der Waals surface area contributed by atoms with Crippen molar-refractivity contribution in [1.29, 1.82) is 0 Å². The van der Waals surface area contributed by atoms with Crippen molar-refractivity contribution in [2.75, 3.05) is 12.4 Å². The largest absolute Gasteiger partial charge is 0.497 e. The molecular weight excluding hydrogens is 388 g/mol. The molecule has 0 atom stereocenters. The van der Waals surface area contributed by atoms with Gasteiger partial charge in [-0.25, -0.2) is 0 Å². The Bertz CT molecular complexity index is 1420. The molecule has 0 unspecified atom stereocenters. The van der Waals surface area contributed by atoms with Gasteiger partial charge in [0.1, 0.15) is 16.8 Å². The van der Waals surface area contributed by atoms with Gasteiger partial charge in [0, 0.05) is 11.3 Å². The molecule has 0 radical (unpaired) electrons. The van der Waals surface area contributed by atoms with Crippen LogP contribution in [0.25, 0.3) is 27.5 Å². The third-order valence-electron chi connectivity index (χ3n) is 5.31. The van der Waals surface area contributed by atoms with Gasteiger partial charge < -0.3 is 10.1 Å². The number of fused-ring (bicyclic) bond motifs is 2. The van der Waals surface area contributed by atoms with E-state index in [-0.39, 0.29) is 5.91 Å². The molecule has 5 aromatic rings. The molecule has 0 spiro atoms. The van der Waals surface area contributed by atoms with Crippen LogP contribution in [0.2, 0.25) is 0 Å². The first-order valence-corrected chi connectivity index (χ1v) is 9.93. The maximum Gasteiger partial charge on any atom is 0.256 e. The quantitative estimate of drug-likeness (QED) is 0.447. The van der Waals surface area contributed by atoms with Crippen molar-refractivity contribution in [3.05, 3.63) is 90.0 Å². The molecule has 0 bridgehead atoms. The lowest BCUT2D eigenvalue weighted by atomic mass is 10.0. The zero-order valence-corrected chi connectivity index (χ0v) is 17.2. The number of amides is 1. The Labute approximate surface area is 179 Å². The van der Waals surface area contributed by atoms with Crippen molar-refractivity contribution in [2.45, 2.75) is 6.92 Å². The van der Waals surface area contributed by atoms with E-state index in [1.807, 2.05) is 85.8 Å². The highest BCUT2D eigenvalue weighted by Crippen LogP contribution is 2.25. The second kappa shape index (κ2) is 7.57. The number of ether oxygens (including phenoxy) is 1. The van der Waals surface area contributed by atoms with E-state index in [1.165, 1.54) is 0 Å². The van der Waals surface area contributed by atoms with E-state index >= 15 is 0 Å². The van der Waals surface area contributed by atoms with Gasteiger partial charge in [0.25, 0.3) is 5.91 Å². The predicted octanol–water partition coefficient (Wildman–Crippen LogP) is 5.14. The van der Waals surface area contributed by atoms with Gasteiger partial charge in [-0.05, 0) is 65.7 Å². The van der Waals surface area contributed by atoms with E-state index in [4.69, 9.17) is 4.74 Å². The van der Waals surface area contributed by atoms with Crippen LogP contribution in [0.1, 0.15) is 15.9 Å². The Morgan fingerprint density at radius 3 is 2.39 bits per heavy atom. The van der Waals surface area contributed by atoms with Crippen molar-refractivity contribution < 1.29 is 9.53 Å². The molecule has 1 amide bonds. The molecule has 1 aromatic heterocycles. The second-order valence-corrected chi connectivity index (χ2v) is 7.32. The molecule has 1 heterocycles. The summed E-state index contributed by atoms with van der Waals surface area (Å²) in [6.45, 7) is 1.95. The highest BCUT2D eigenvalue weighted by atomic mass is 16.5. The number of anilines is 1. The molecule has 152 valence electrons. The number of aromatic nitrogens is 3. The van der Waals surface area contributed by atoms with Crippen LogP contribution in [0.15, 0.2) is 78.9 Å². The summed E-state index contributed by atoms with van der Waals surface area (Å²) in [5, 5.41) is 14.2. The number of nitrogens with one attached hydrogen (secondary N) is 1. The molecule has 0 saturated carbocycles. The van der Waals surface area contributed by atoms with Crippen molar-refractivity contribution >= 4 is 33.4 Å². The number of carbonyl (C=O) groups excluding carboxylic acids is 1. The molecular formula is C25H20N4O2. The third-order valence-corrected chi connectivity index (χ3v) is 5.31. The maximum atomic E-state index is 13.0. The van der Waals surface area contributed by atoms with E-state index in [0.29, 0.717) is 16.8 Å². The molecule has 0 saturated heterocycles. The minimum Gasteiger partial charge on any atom is -0.497 e. The predicted molar refractivity (Wildman–Crippen MR) is 122 cm³/mol. The molecule has 4 aromatic carbocycles. The molecule has 31 heavy (non-hydrogen) atoms. The molecule has 1 N–H and O–H groups in total. The minimum absolute atomic E-state index is 0.151. The monoisotopic (exact) mass is 408 g/mol. The number of carbonyl (C=O) groups is 1. The summed E-state index contributed by atoms with van der Waals surface area (Å²) < 4.78 is 5.21. The third kappa shape index (κ3) is 3.48. The summed E-state index contributed by atoms with van der Waals surface area (Å²) in [6.07, 6.45) is 0. The number of hydrogen-bond donors (Lipinski definition) is 1. The second-order valence-electron chi connectivity index (χ2n) is 7.32. The molecule has 0 fully saturated rings. The zero-order chi connectivity index (χ0) is 21.4. The smallest absolute Gasteiger partial charge is 0.256 e. The molecule has 0 aliphatic rings. The summed E-state index contributed by atoms with van der Waals surface area (Å²) in [5.41, 5.74) is 4.57. The number of aryl methyl sites for hydroxylation is 1. The number of benzene rings is 4. The molecule has 6 heteroatoms. The van der Waals surface area contributed by atoms with Crippen molar-refractivity contribution in [3.8, 4) is 11.4 Å². The van der Waals surface area contributed by atoms with Gasteiger partial charge in [0.15, 0.2) is 0 Å². The van der Waals surface area contributed by atoms with Gasteiger partial charge >= 0.3 is 0 Å². The van der Waals surface area contributed by atoms with Gasteiger partial charge in [-0.2, -0.15) is 4.80 Å². The fourth-order valence-electron chi connectivity index (χ4n) is 3.65. The first-order valence-electron chi connectivity index (χ1n) is 9.93. The topological polar surface area (TPSA) is 69.0 Å². The number of nitrogens with zero attached hydrogens (tertiary/aromatic N) is 3. The fourth-order valence-corrected chi connectivity index (χ4v) is 3.65. The van der Waals surface area contributed by atoms with Crippen LogP contribution in [0.4, 0.5) is 5.69 Å². The lowest BCUT2D eigenvalue weighted by Gasteiger charge is -2.10. The van der Waals surface area contributed by atoms with Crippen LogP contribution < -0.4 is 10.1 Å². The van der Waals surface area contributed by atoms with E-state index in [2.05, 4.69) is 15.5 Å². The normalized spacial score (nSPS) is 11.0. The lowest BCUT2D eigenvalue weighted by Crippen LogP contribution is -2.13. The van der Waals surface area contributed by atoms with Gasteiger partial charge in [-0.3, -0.25) is 4.79 Å². The summed E-state index contributed by atoms with van der Waals surface area (Å²) in [5.74, 6) is 0.622. The molecule has 6 nitrogen and oxygen atoms in total. The number of rotatable bonds is 4. The zero-order valence-electron chi connectivity index (χ0n) is 17.2. The standard InChI is InChI=1S/C25H20N4O2/c1-16-14-23-24(28-29(27-23)18-10-12-19(31-2)13-11-18)15-22(16)26-25(30)21-9-5-7-17-6-3-4-8-20(17)21/h3-15H,1-2H3,(H,26,30). The van der Waals surface area contributed by atoms with E-state index in [0.717, 1.165) is 33.3 Å². The van der Waals surface area contributed by atoms with Crippen LogP contribution in [-0.2, 0) is 0 Å². The van der Waals surface area contributed by atoms with Crippen LogP contribution in [0.5, 0.6) is 5.75 Å². The summed E-state index contributed by atoms with van der Waals surface area (Å²) in [6, 6.07) is 24.9. The fraction of sp³-hybridized carbons (Fsp3) is 0.0800. The van der Waals surface area contributed by atoms with Crippen molar-refractivity contribution in [3.63, 3.8) is 0 Å². The lowest BCUT2D eigenvalue weighted by molar-refractivity contribution is 0.102. The number of hydrogen-bond acceptors (Lipinski definition) is 4. The minimum atomic E-state index is -0.151. The Morgan fingerprint density at radius 1 is 0.903 bits per heavy atom. The average molecular weight is 408 g/mol. The molecule has 0 aliphatic heterocycles. The van der Waals surface area contributed by atoms with E-state index < -0.39 is 0 Å². The van der Waals surface area contributed by atoms with Crippen molar-refractivity contribution in [2.24, 2.45) is 0 Å². The Balaban J connectivity index is 1.48. The Hall–Kier alpha value is -4.19.